The Morgan fingerprint density at radius 1 is 1.33 bits per heavy atom. The van der Waals surface area contributed by atoms with Crippen molar-refractivity contribution in [3.63, 3.8) is 0 Å². The number of aliphatic hydroxyl groups is 1. The van der Waals surface area contributed by atoms with Gasteiger partial charge in [0.2, 0.25) is 0 Å². The third kappa shape index (κ3) is 3.99. The Balaban J connectivity index is 2.37. The van der Waals surface area contributed by atoms with Gasteiger partial charge in [-0.3, -0.25) is 0 Å². The fourth-order valence-corrected chi connectivity index (χ4v) is 1.21. The van der Waals surface area contributed by atoms with E-state index in [1.54, 1.807) is 0 Å². The number of nitrogens with one attached hydrogen (secondary N) is 2. The molecule has 4 heteroatoms. The van der Waals surface area contributed by atoms with Crippen LogP contribution in [0.15, 0.2) is 30.3 Å². The Bertz CT molecular complexity index is 301. The molecule has 1 aromatic carbocycles. The van der Waals surface area contributed by atoms with E-state index in [-0.39, 0.29) is 12.6 Å². The summed E-state index contributed by atoms with van der Waals surface area (Å²) in [5.74, 6) is 0. The number of carbonyl (C=O) groups is 1. The molecule has 1 atom stereocenters. The molecule has 1 aromatic rings. The highest BCUT2D eigenvalue weighted by Crippen LogP contribution is 2.10. The Morgan fingerprint density at radius 2 is 2.00 bits per heavy atom. The lowest BCUT2D eigenvalue weighted by Crippen LogP contribution is -2.37. The van der Waals surface area contributed by atoms with Crippen molar-refractivity contribution >= 4 is 6.03 Å². The zero-order chi connectivity index (χ0) is 11.1. The van der Waals surface area contributed by atoms with Crippen LogP contribution < -0.4 is 10.6 Å². The largest absolute Gasteiger partial charge is 0.387 e. The van der Waals surface area contributed by atoms with E-state index < -0.39 is 6.10 Å². The first kappa shape index (κ1) is 11.5. The normalized spacial score (nSPS) is 11.9. The van der Waals surface area contributed by atoms with E-state index in [1.807, 2.05) is 37.3 Å². The molecule has 0 aliphatic rings. The summed E-state index contributed by atoms with van der Waals surface area (Å²) in [6, 6.07) is 8.98. The summed E-state index contributed by atoms with van der Waals surface area (Å²) in [7, 11) is 0. The molecule has 0 bridgehead atoms. The lowest BCUT2D eigenvalue weighted by Gasteiger charge is -2.12. The van der Waals surface area contributed by atoms with Crippen LogP contribution in [0.1, 0.15) is 18.6 Å². The molecule has 0 aliphatic carbocycles. The van der Waals surface area contributed by atoms with Crippen LogP contribution in [0.4, 0.5) is 4.79 Å². The fraction of sp³-hybridized carbons (Fsp3) is 0.364. The third-order valence-corrected chi connectivity index (χ3v) is 1.98. The molecule has 0 aliphatic heterocycles. The highest BCUT2D eigenvalue weighted by atomic mass is 16.3. The number of hydrogen-bond acceptors (Lipinski definition) is 2. The Kier molecular flexibility index (Phi) is 4.63. The summed E-state index contributed by atoms with van der Waals surface area (Å²) < 4.78 is 0. The molecular weight excluding hydrogens is 192 g/mol. The van der Waals surface area contributed by atoms with Gasteiger partial charge in [-0.05, 0) is 12.5 Å². The number of rotatable bonds is 4. The monoisotopic (exact) mass is 208 g/mol. The molecule has 4 nitrogen and oxygen atoms in total. The van der Waals surface area contributed by atoms with Crippen molar-refractivity contribution in [1.82, 2.24) is 10.6 Å². The maximum absolute atomic E-state index is 11.0. The first-order valence-corrected chi connectivity index (χ1v) is 4.98. The summed E-state index contributed by atoms with van der Waals surface area (Å²) >= 11 is 0. The Hall–Kier alpha value is -1.55. The molecule has 0 aromatic heterocycles. The van der Waals surface area contributed by atoms with Gasteiger partial charge in [0, 0.05) is 13.1 Å². The molecule has 3 N–H and O–H groups in total. The van der Waals surface area contributed by atoms with Crippen molar-refractivity contribution in [2.45, 2.75) is 13.0 Å². The quantitative estimate of drug-likeness (QED) is 0.692. The van der Waals surface area contributed by atoms with Crippen molar-refractivity contribution in [1.29, 1.82) is 0 Å². The van der Waals surface area contributed by atoms with Gasteiger partial charge in [-0.1, -0.05) is 30.3 Å². The second-order valence-corrected chi connectivity index (χ2v) is 3.17. The highest BCUT2D eigenvalue weighted by molar-refractivity contribution is 5.73. The minimum Gasteiger partial charge on any atom is -0.387 e. The molecule has 0 spiro atoms. The number of benzene rings is 1. The maximum Gasteiger partial charge on any atom is 0.314 e. The second kappa shape index (κ2) is 6.03. The van der Waals surface area contributed by atoms with Crippen molar-refractivity contribution in [2.24, 2.45) is 0 Å². The van der Waals surface area contributed by atoms with Gasteiger partial charge in [0.1, 0.15) is 0 Å². The number of hydrogen-bond donors (Lipinski definition) is 3. The van der Waals surface area contributed by atoms with Crippen LogP contribution in [0.3, 0.4) is 0 Å². The average molecular weight is 208 g/mol. The summed E-state index contributed by atoms with van der Waals surface area (Å²) in [6.45, 7) is 2.64. The molecule has 15 heavy (non-hydrogen) atoms. The van der Waals surface area contributed by atoms with E-state index in [0.717, 1.165) is 5.56 Å². The first-order valence-electron chi connectivity index (χ1n) is 4.98. The van der Waals surface area contributed by atoms with Crippen molar-refractivity contribution in [2.75, 3.05) is 13.1 Å². The van der Waals surface area contributed by atoms with E-state index in [0.29, 0.717) is 6.54 Å². The van der Waals surface area contributed by atoms with Gasteiger partial charge in [-0.25, -0.2) is 4.79 Å². The first-order chi connectivity index (χ1) is 7.24. The SMILES string of the molecule is CCNC(=O)NCC(O)c1ccccc1. The molecule has 1 unspecified atom stereocenters. The van der Waals surface area contributed by atoms with Crippen LogP contribution in [0, 0.1) is 0 Å². The minimum atomic E-state index is -0.659. The number of aliphatic hydroxyl groups excluding tert-OH is 1. The second-order valence-electron chi connectivity index (χ2n) is 3.17. The molecule has 0 fully saturated rings. The van der Waals surface area contributed by atoms with E-state index >= 15 is 0 Å². The smallest absolute Gasteiger partial charge is 0.314 e. The number of amides is 2. The van der Waals surface area contributed by atoms with Gasteiger partial charge >= 0.3 is 6.03 Å². The topological polar surface area (TPSA) is 61.4 Å². The molecule has 0 radical (unpaired) electrons. The maximum atomic E-state index is 11.0. The summed E-state index contributed by atoms with van der Waals surface area (Å²) in [5.41, 5.74) is 0.800. The molecule has 0 saturated carbocycles. The minimum absolute atomic E-state index is 0.218. The predicted octanol–water partition coefficient (Wildman–Crippen LogP) is 1.04. The summed E-state index contributed by atoms with van der Waals surface area (Å²) in [6.07, 6.45) is -0.659. The molecule has 1 rings (SSSR count). The van der Waals surface area contributed by atoms with Gasteiger partial charge in [0.15, 0.2) is 0 Å². The molecular formula is C11H16N2O2. The number of urea groups is 1. The highest BCUT2D eigenvalue weighted by Gasteiger charge is 2.07. The zero-order valence-electron chi connectivity index (χ0n) is 8.73. The van der Waals surface area contributed by atoms with Crippen molar-refractivity contribution in [3.05, 3.63) is 35.9 Å². The van der Waals surface area contributed by atoms with E-state index in [4.69, 9.17) is 0 Å². The molecule has 0 heterocycles. The molecule has 82 valence electrons. The third-order valence-electron chi connectivity index (χ3n) is 1.98. The lowest BCUT2D eigenvalue weighted by atomic mass is 10.1. The predicted molar refractivity (Wildman–Crippen MR) is 58.5 cm³/mol. The molecule has 2 amide bonds. The molecule has 0 saturated heterocycles. The zero-order valence-corrected chi connectivity index (χ0v) is 8.73. The van der Waals surface area contributed by atoms with Crippen molar-refractivity contribution in [3.8, 4) is 0 Å². The van der Waals surface area contributed by atoms with Crippen molar-refractivity contribution < 1.29 is 9.90 Å². The fourth-order valence-electron chi connectivity index (χ4n) is 1.21. The van der Waals surface area contributed by atoms with Crippen LogP contribution in [-0.2, 0) is 0 Å². The average Bonchev–Trinajstić information content (AvgIpc) is 2.27. The van der Waals surface area contributed by atoms with Gasteiger partial charge in [-0.2, -0.15) is 0 Å². The van der Waals surface area contributed by atoms with Crippen LogP contribution in [0.5, 0.6) is 0 Å². The number of carbonyl (C=O) groups excluding carboxylic acids is 1. The van der Waals surface area contributed by atoms with E-state index in [2.05, 4.69) is 10.6 Å². The van der Waals surface area contributed by atoms with E-state index in [9.17, 15) is 9.90 Å². The van der Waals surface area contributed by atoms with Crippen LogP contribution in [0.25, 0.3) is 0 Å². The van der Waals surface area contributed by atoms with Gasteiger partial charge in [0.25, 0.3) is 0 Å². The van der Waals surface area contributed by atoms with Gasteiger partial charge < -0.3 is 15.7 Å². The lowest BCUT2D eigenvalue weighted by molar-refractivity contribution is 0.173. The van der Waals surface area contributed by atoms with E-state index in [1.165, 1.54) is 0 Å². The summed E-state index contributed by atoms with van der Waals surface area (Å²) in [5, 5.41) is 14.9. The standard InChI is InChI=1S/C11H16N2O2/c1-2-12-11(15)13-8-10(14)9-6-4-3-5-7-9/h3-7,10,14H,2,8H2,1H3,(H2,12,13,15). The van der Waals surface area contributed by atoms with Gasteiger partial charge in [0.05, 0.1) is 6.10 Å². The van der Waals surface area contributed by atoms with Crippen LogP contribution >= 0.6 is 0 Å². The van der Waals surface area contributed by atoms with Gasteiger partial charge in [-0.15, -0.1) is 0 Å². The Labute approximate surface area is 89.3 Å². The van der Waals surface area contributed by atoms with Crippen LogP contribution in [-0.4, -0.2) is 24.2 Å². The van der Waals surface area contributed by atoms with Crippen LogP contribution in [0.2, 0.25) is 0 Å². The summed E-state index contributed by atoms with van der Waals surface area (Å²) in [4.78, 5) is 11.0. The Morgan fingerprint density at radius 3 is 2.60 bits per heavy atom.